The predicted octanol–water partition coefficient (Wildman–Crippen LogP) is -3.68. The van der Waals surface area contributed by atoms with Crippen LogP contribution in [0.2, 0.25) is 0 Å². The number of rotatable bonds is 6. The Morgan fingerprint density at radius 2 is 2.08 bits per heavy atom. The van der Waals surface area contributed by atoms with Crippen molar-refractivity contribution in [3.8, 4) is 0 Å². The van der Waals surface area contributed by atoms with E-state index in [1.165, 1.54) is 0 Å². The molecule has 0 aromatic carbocycles. The minimum absolute atomic E-state index is 0. The summed E-state index contributed by atoms with van der Waals surface area (Å²) in [5, 5.41) is 8.91. The summed E-state index contributed by atoms with van der Waals surface area (Å²) in [5.41, 5.74) is 0. The van der Waals surface area contributed by atoms with Gasteiger partial charge >= 0.3 is 29.6 Å². The van der Waals surface area contributed by atoms with E-state index in [4.69, 9.17) is 9.84 Å². The molecule has 0 aliphatic rings. The van der Waals surface area contributed by atoms with Crippen molar-refractivity contribution in [3.05, 3.63) is 0 Å². The van der Waals surface area contributed by atoms with E-state index < -0.39 is 22.0 Å². The molecule has 0 spiro atoms. The third kappa shape index (κ3) is 12.8. The fourth-order valence-electron chi connectivity index (χ4n) is 0.647. The zero-order valence-corrected chi connectivity index (χ0v) is 10.7. The topological polar surface area (TPSA) is 86.7 Å². The van der Waals surface area contributed by atoms with Crippen molar-refractivity contribution in [2.24, 2.45) is 0 Å². The van der Waals surface area contributed by atoms with Gasteiger partial charge in [-0.3, -0.25) is 0 Å². The molecule has 13 heavy (non-hydrogen) atoms. The molecule has 0 rings (SSSR count). The van der Waals surface area contributed by atoms with Crippen molar-refractivity contribution in [1.29, 1.82) is 0 Å². The first-order valence-electron chi connectivity index (χ1n) is 3.65. The minimum atomic E-state index is -4.34. The first-order chi connectivity index (χ1) is 5.45. The molecule has 0 amide bonds. The van der Waals surface area contributed by atoms with Gasteiger partial charge in [-0.2, -0.15) is 0 Å². The number of aliphatic hydroxyl groups is 1. The van der Waals surface area contributed by atoms with E-state index in [9.17, 15) is 13.0 Å². The fraction of sp³-hybridized carbons (Fsp3) is 1.00. The van der Waals surface area contributed by atoms with E-state index in [-0.39, 0.29) is 36.2 Å². The van der Waals surface area contributed by atoms with Gasteiger partial charge in [-0.05, 0) is 6.42 Å². The van der Waals surface area contributed by atoms with Crippen molar-refractivity contribution in [2.45, 2.75) is 19.4 Å². The molecule has 74 valence electrons. The van der Waals surface area contributed by atoms with E-state index in [1.807, 2.05) is 6.92 Å². The van der Waals surface area contributed by atoms with E-state index in [0.29, 0.717) is 6.61 Å². The number of hydrogen-bond donors (Lipinski definition) is 1. The van der Waals surface area contributed by atoms with E-state index in [2.05, 4.69) is 0 Å². The van der Waals surface area contributed by atoms with Gasteiger partial charge in [-0.25, -0.2) is 8.42 Å². The Morgan fingerprint density at radius 1 is 1.54 bits per heavy atom. The summed E-state index contributed by atoms with van der Waals surface area (Å²) in [7, 11) is -4.34. The summed E-state index contributed by atoms with van der Waals surface area (Å²) in [6, 6.07) is 0. The fourth-order valence-corrected chi connectivity index (χ4v) is 1.21. The quantitative estimate of drug-likeness (QED) is 0.283. The van der Waals surface area contributed by atoms with Gasteiger partial charge in [0.15, 0.2) is 0 Å². The second-order valence-electron chi connectivity index (χ2n) is 2.45. The van der Waals surface area contributed by atoms with Crippen molar-refractivity contribution < 1.29 is 52.4 Å². The summed E-state index contributed by atoms with van der Waals surface area (Å²) < 4.78 is 35.1. The Balaban J connectivity index is 0. The van der Waals surface area contributed by atoms with E-state index in [0.717, 1.165) is 6.42 Å². The van der Waals surface area contributed by atoms with Crippen LogP contribution >= 0.6 is 0 Å². The smallest absolute Gasteiger partial charge is 0.748 e. The minimum Gasteiger partial charge on any atom is -0.748 e. The van der Waals surface area contributed by atoms with Crippen molar-refractivity contribution in [3.63, 3.8) is 0 Å². The molecule has 0 aliphatic carbocycles. The second-order valence-corrected chi connectivity index (χ2v) is 3.90. The van der Waals surface area contributed by atoms with Gasteiger partial charge in [0.05, 0.1) is 28.6 Å². The molecule has 0 aliphatic heterocycles. The molecular formula is C6H13NaO5S. The van der Waals surface area contributed by atoms with Gasteiger partial charge in [0.2, 0.25) is 0 Å². The second kappa shape index (κ2) is 8.16. The van der Waals surface area contributed by atoms with Crippen LogP contribution in [0.5, 0.6) is 0 Å². The van der Waals surface area contributed by atoms with Gasteiger partial charge in [0.25, 0.3) is 0 Å². The Labute approximate surface area is 101 Å². The molecule has 0 saturated carbocycles. The summed E-state index contributed by atoms with van der Waals surface area (Å²) in [6.45, 7) is 2.24. The molecule has 0 bridgehead atoms. The molecular weight excluding hydrogens is 207 g/mol. The van der Waals surface area contributed by atoms with Crippen LogP contribution in [0.1, 0.15) is 13.3 Å². The number of aliphatic hydroxyl groups excluding tert-OH is 1. The van der Waals surface area contributed by atoms with Gasteiger partial charge in [-0.15, -0.1) is 0 Å². The number of ether oxygens (including phenoxy) is 1. The van der Waals surface area contributed by atoms with Crippen LogP contribution in [0.25, 0.3) is 0 Å². The van der Waals surface area contributed by atoms with Crippen LogP contribution in [0.3, 0.4) is 0 Å². The summed E-state index contributed by atoms with van der Waals surface area (Å²) in [6.07, 6.45) is -0.421. The van der Waals surface area contributed by atoms with Crippen LogP contribution in [-0.2, 0) is 14.9 Å². The normalized spacial score (nSPS) is 13.5. The maximum Gasteiger partial charge on any atom is 1.00 e. The van der Waals surface area contributed by atoms with Crippen molar-refractivity contribution in [2.75, 3.05) is 19.0 Å². The molecule has 5 nitrogen and oxygen atoms in total. The van der Waals surface area contributed by atoms with Gasteiger partial charge in [-0.1, -0.05) is 6.92 Å². The van der Waals surface area contributed by atoms with Crippen molar-refractivity contribution >= 4 is 10.1 Å². The third-order valence-corrected chi connectivity index (χ3v) is 1.85. The van der Waals surface area contributed by atoms with Gasteiger partial charge in [0.1, 0.15) is 0 Å². The van der Waals surface area contributed by atoms with Crippen LogP contribution < -0.4 is 29.6 Å². The molecule has 0 aromatic rings. The van der Waals surface area contributed by atoms with Crippen molar-refractivity contribution in [1.82, 2.24) is 0 Å². The Hall–Kier alpha value is 0.830. The maximum absolute atomic E-state index is 10.1. The number of hydrogen-bond acceptors (Lipinski definition) is 5. The predicted molar refractivity (Wildman–Crippen MR) is 41.7 cm³/mol. The molecule has 7 heteroatoms. The van der Waals surface area contributed by atoms with Crippen LogP contribution in [0.15, 0.2) is 0 Å². The third-order valence-electron chi connectivity index (χ3n) is 1.06. The summed E-state index contributed by atoms with van der Waals surface area (Å²) >= 11 is 0. The first kappa shape index (κ1) is 16.3. The average Bonchev–Trinajstić information content (AvgIpc) is 1.84. The van der Waals surface area contributed by atoms with Gasteiger partial charge in [0, 0.05) is 6.61 Å². The SMILES string of the molecule is CCCOCC(O)CS(=O)(=O)[O-].[Na+]. The molecule has 0 fully saturated rings. The van der Waals surface area contributed by atoms with Crippen LogP contribution in [0, 0.1) is 0 Å². The van der Waals surface area contributed by atoms with Crippen LogP contribution in [0.4, 0.5) is 0 Å². The molecule has 1 atom stereocenters. The summed E-state index contributed by atoms with van der Waals surface area (Å²) in [5.74, 6) is -0.781. The Kier molecular flexibility index (Phi) is 10.2. The Bertz CT molecular complexity index is 203. The molecule has 1 N–H and O–H groups in total. The zero-order valence-electron chi connectivity index (χ0n) is 7.89. The zero-order chi connectivity index (χ0) is 9.61. The van der Waals surface area contributed by atoms with Gasteiger partial charge < -0.3 is 14.4 Å². The monoisotopic (exact) mass is 220 g/mol. The Morgan fingerprint density at radius 3 is 2.46 bits per heavy atom. The molecule has 0 aromatic heterocycles. The standard InChI is InChI=1S/C6H14O5S.Na/c1-2-3-11-4-6(7)5-12(8,9)10;/h6-7H,2-5H2,1H3,(H,8,9,10);/q;+1/p-1. The largest absolute Gasteiger partial charge is 1.00 e. The van der Waals surface area contributed by atoms with E-state index in [1.54, 1.807) is 0 Å². The average molecular weight is 220 g/mol. The molecule has 0 heterocycles. The van der Waals surface area contributed by atoms with Crippen LogP contribution in [-0.4, -0.2) is 43.1 Å². The molecule has 0 saturated heterocycles. The molecule has 0 radical (unpaired) electrons. The molecule has 1 unspecified atom stereocenters. The maximum atomic E-state index is 10.1. The van der Waals surface area contributed by atoms with E-state index >= 15 is 0 Å². The summed E-state index contributed by atoms with van der Waals surface area (Å²) in [4.78, 5) is 0. The first-order valence-corrected chi connectivity index (χ1v) is 5.23.